The van der Waals surface area contributed by atoms with Crippen LogP contribution in [0.25, 0.3) is 0 Å². The predicted molar refractivity (Wildman–Crippen MR) is 128 cm³/mol. The molecule has 11 heteroatoms. The van der Waals surface area contributed by atoms with Gasteiger partial charge >= 0.3 is 0 Å². The highest BCUT2D eigenvalue weighted by atomic mass is 19.2. The van der Waals surface area contributed by atoms with Crippen LogP contribution in [0.3, 0.4) is 0 Å². The van der Waals surface area contributed by atoms with Gasteiger partial charge in [0.2, 0.25) is 11.7 Å². The Balaban J connectivity index is 1.83. The molecule has 2 heterocycles. The van der Waals surface area contributed by atoms with E-state index in [4.69, 9.17) is 4.74 Å². The van der Waals surface area contributed by atoms with Crippen molar-refractivity contribution in [2.45, 2.75) is 64.5 Å². The minimum Gasteiger partial charge on any atom is -0.493 e. The van der Waals surface area contributed by atoms with E-state index in [2.05, 4.69) is 10.6 Å². The molecule has 2 fully saturated rings. The molecule has 6 unspecified atom stereocenters. The van der Waals surface area contributed by atoms with Crippen molar-refractivity contribution >= 4 is 17.6 Å². The Bertz CT molecular complexity index is 978. The lowest BCUT2D eigenvalue weighted by Crippen LogP contribution is -2.59. The highest BCUT2D eigenvalue weighted by Gasteiger charge is 2.53. The zero-order valence-electron chi connectivity index (χ0n) is 21.3. The number of carbonyl (C=O) groups excluding carboxylic acids is 3. The van der Waals surface area contributed by atoms with Crippen molar-refractivity contribution in [2.24, 2.45) is 11.8 Å². The van der Waals surface area contributed by atoms with Crippen LogP contribution in [-0.4, -0.2) is 89.6 Å². The van der Waals surface area contributed by atoms with E-state index in [1.54, 1.807) is 14.0 Å². The second-order valence-electron chi connectivity index (χ2n) is 9.95. The Morgan fingerprint density at radius 1 is 1.19 bits per heavy atom. The molecule has 9 nitrogen and oxygen atoms in total. The van der Waals surface area contributed by atoms with Crippen LogP contribution in [0.5, 0.6) is 5.75 Å². The number of likely N-dealkylation sites (tertiary alicyclic amines) is 2. The van der Waals surface area contributed by atoms with Crippen molar-refractivity contribution in [1.82, 2.24) is 20.4 Å². The van der Waals surface area contributed by atoms with Gasteiger partial charge in [0.15, 0.2) is 11.6 Å². The number of ether oxygens (including phenoxy) is 1. The Morgan fingerprint density at radius 2 is 1.89 bits per heavy atom. The van der Waals surface area contributed by atoms with Gasteiger partial charge in [-0.2, -0.15) is 0 Å². The van der Waals surface area contributed by atoms with Crippen LogP contribution in [-0.2, 0) is 14.4 Å². The molecule has 3 N–H and O–H groups in total. The maximum Gasteiger partial charge on any atom is 0.289 e. The van der Waals surface area contributed by atoms with Gasteiger partial charge < -0.3 is 25.4 Å². The summed E-state index contributed by atoms with van der Waals surface area (Å²) in [6.07, 6.45) is -0.514. The molecule has 0 bridgehead atoms. The highest BCUT2D eigenvalue weighted by Crippen LogP contribution is 2.38. The number of aliphatic hydroxyl groups excluding tert-OH is 1. The lowest BCUT2D eigenvalue weighted by molar-refractivity contribution is -0.144. The van der Waals surface area contributed by atoms with Crippen molar-refractivity contribution in [1.29, 1.82) is 0 Å². The quantitative estimate of drug-likeness (QED) is 0.401. The molecule has 0 radical (unpaired) electrons. The van der Waals surface area contributed by atoms with E-state index in [-0.39, 0.29) is 48.7 Å². The van der Waals surface area contributed by atoms with Gasteiger partial charge in [0.25, 0.3) is 5.91 Å². The van der Waals surface area contributed by atoms with Gasteiger partial charge in [-0.25, -0.2) is 8.78 Å². The fourth-order valence-corrected chi connectivity index (χ4v) is 5.12. The van der Waals surface area contributed by atoms with Crippen LogP contribution >= 0.6 is 0 Å². The summed E-state index contributed by atoms with van der Waals surface area (Å²) in [6.45, 7) is 7.46. The van der Waals surface area contributed by atoms with E-state index in [0.717, 1.165) is 12.1 Å². The number of ketones is 1. The summed E-state index contributed by atoms with van der Waals surface area (Å²) in [4.78, 5) is 40.5. The number of amides is 2. The monoisotopic (exact) mass is 510 g/mol. The van der Waals surface area contributed by atoms with Crippen LogP contribution in [0.1, 0.15) is 34.1 Å². The number of benzene rings is 1. The number of hydrogen-bond donors (Lipinski definition) is 3. The van der Waals surface area contributed by atoms with E-state index in [9.17, 15) is 28.3 Å². The Kier molecular flexibility index (Phi) is 9.02. The van der Waals surface area contributed by atoms with E-state index >= 15 is 0 Å². The number of Topliss-reactive ketones (excluding diaryl/α,β-unsaturated/α-hetero) is 1. The molecule has 3 rings (SSSR count). The van der Waals surface area contributed by atoms with Crippen molar-refractivity contribution in [3.05, 3.63) is 29.8 Å². The topological polar surface area (TPSA) is 111 Å². The number of aliphatic hydroxyl groups is 1. The average Bonchev–Trinajstić information content (AvgIpc) is 3.42. The number of nitrogens with zero attached hydrogens (tertiary/aromatic N) is 2. The summed E-state index contributed by atoms with van der Waals surface area (Å²) in [6, 6.07) is 1.53. The van der Waals surface area contributed by atoms with Gasteiger partial charge in [-0.05, 0) is 38.4 Å². The zero-order chi connectivity index (χ0) is 26.7. The molecule has 6 atom stereocenters. The molecule has 200 valence electrons. The van der Waals surface area contributed by atoms with Crippen LogP contribution in [0.2, 0.25) is 0 Å². The molecule has 0 aliphatic carbocycles. The van der Waals surface area contributed by atoms with E-state index in [1.165, 1.54) is 17.9 Å². The first-order valence-electron chi connectivity index (χ1n) is 12.3. The van der Waals surface area contributed by atoms with E-state index in [1.807, 2.05) is 18.7 Å². The second kappa shape index (κ2) is 11.6. The first-order chi connectivity index (χ1) is 17.0. The maximum absolute atomic E-state index is 13.6. The number of fused-ring (bicyclic) bond motifs is 1. The van der Waals surface area contributed by atoms with E-state index < -0.39 is 41.6 Å². The first-order valence-corrected chi connectivity index (χ1v) is 12.3. The Labute approximate surface area is 210 Å². The number of hydrogen-bond acceptors (Lipinski definition) is 7. The van der Waals surface area contributed by atoms with Gasteiger partial charge in [0, 0.05) is 44.1 Å². The molecule has 0 aromatic heterocycles. The van der Waals surface area contributed by atoms with Crippen LogP contribution in [0, 0.1) is 23.5 Å². The third-order valence-corrected chi connectivity index (χ3v) is 7.21. The SMILES string of the molecule is CNC(C)C(=O)NC(C(C)C)C(O)N1CCC2C1C(COc1ccc(F)c(F)c1)CN2C(=O)C(C)=O. The summed E-state index contributed by atoms with van der Waals surface area (Å²) < 4.78 is 32.7. The average molecular weight is 511 g/mol. The number of likely N-dealkylation sites (N-methyl/N-ethyl adjacent to an activating group) is 1. The molecular formula is C25H36F2N4O5. The molecule has 2 saturated heterocycles. The summed E-state index contributed by atoms with van der Waals surface area (Å²) >= 11 is 0. The normalized spacial score (nSPS) is 24.4. The standard InChI is InChI=1S/C25H36F2N4O5/c1-13(2)21(29-23(33)14(3)28-5)25(35)30-9-8-20-22(30)16(11-31(20)24(34)15(4)32)12-36-17-6-7-18(26)19(27)10-17/h6-7,10,13-14,16,20-22,25,28,35H,8-9,11-12H2,1-5H3,(H,29,33). The summed E-state index contributed by atoms with van der Waals surface area (Å²) in [5.41, 5.74) is 0. The van der Waals surface area contributed by atoms with Crippen molar-refractivity contribution in [3.63, 3.8) is 0 Å². The van der Waals surface area contributed by atoms with Gasteiger partial charge in [-0.1, -0.05) is 13.8 Å². The van der Waals surface area contributed by atoms with Crippen molar-refractivity contribution < 1.29 is 33.0 Å². The fraction of sp³-hybridized carbons (Fsp3) is 0.640. The minimum absolute atomic E-state index is 0.0621. The molecule has 2 aliphatic rings. The number of halogens is 2. The molecule has 0 spiro atoms. The predicted octanol–water partition coefficient (Wildman–Crippen LogP) is 0.901. The first kappa shape index (κ1) is 27.9. The van der Waals surface area contributed by atoms with Crippen molar-refractivity contribution in [2.75, 3.05) is 26.7 Å². The molecule has 1 aromatic carbocycles. The fourth-order valence-electron chi connectivity index (χ4n) is 5.12. The zero-order valence-corrected chi connectivity index (χ0v) is 21.3. The maximum atomic E-state index is 13.6. The second-order valence-corrected chi connectivity index (χ2v) is 9.95. The Hall–Kier alpha value is -2.63. The highest BCUT2D eigenvalue weighted by molar-refractivity contribution is 6.35. The van der Waals surface area contributed by atoms with Gasteiger partial charge in [0.05, 0.1) is 18.7 Å². The van der Waals surface area contributed by atoms with Gasteiger partial charge in [-0.15, -0.1) is 0 Å². The Morgan fingerprint density at radius 3 is 2.47 bits per heavy atom. The summed E-state index contributed by atoms with van der Waals surface area (Å²) in [5, 5.41) is 17.2. The van der Waals surface area contributed by atoms with E-state index in [0.29, 0.717) is 13.0 Å². The third-order valence-electron chi connectivity index (χ3n) is 7.21. The lowest BCUT2D eigenvalue weighted by atomic mass is 9.96. The van der Waals surface area contributed by atoms with Gasteiger partial charge in [0.1, 0.15) is 12.0 Å². The van der Waals surface area contributed by atoms with Gasteiger partial charge in [-0.3, -0.25) is 19.3 Å². The molecule has 36 heavy (non-hydrogen) atoms. The lowest BCUT2D eigenvalue weighted by Gasteiger charge is -2.38. The largest absolute Gasteiger partial charge is 0.493 e. The number of carbonyl (C=O) groups is 3. The minimum atomic E-state index is -1.05. The van der Waals surface area contributed by atoms with Crippen LogP contribution < -0.4 is 15.4 Å². The summed E-state index contributed by atoms with van der Waals surface area (Å²) in [7, 11) is 1.67. The molecule has 0 saturated carbocycles. The third kappa shape index (κ3) is 5.84. The van der Waals surface area contributed by atoms with Crippen LogP contribution in [0.15, 0.2) is 18.2 Å². The van der Waals surface area contributed by atoms with Crippen molar-refractivity contribution in [3.8, 4) is 5.75 Å². The molecule has 2 amide bonds. The number of nitrogens with one attached hydrogen (secondary N) is 2. The molecule has 2 aliphatic heterocycles. The number of rotatable bonds is 10. The molecular weight excluding hydrogens is 474 g/mol. The smallest absolute Gasteiger partial charge is 0.289 e. The van der Waals surface area contributed by atoms with Crippen LogP contribution in [0.4, 0.5) is 8.78 Å². The summed E-state index contributed by atoms with van der Waals surface area (Å²) in [5.74, 6) is -3.72. The molecule has 1 aromatic rings.